The lowest BCUT2D eigenvalue weighted by molar-refractivity contribution is -0.659. The summed E-state index contributed by atoms with van der Waals surface area (Å²) in [6.45, 7) is 9.19. The SMILES string of the molecule is Cc1c(-c2c3ccc(-n4c5ccccc5c5cccnc54)cc3cc[n+]2C)cc(C(C)(C)C)c2ccccc12. The van der Waals surface area contributed by atoms with Gasteiger partial charge in [-0.15, -0.1) is 0 Å². The third kappa shape index (κ3) is 3.57. The van der Waals surface area contributed by atoms with Crippen molar-refractivity contribution in [3.8, 4) is 16.9 Å². The average Bonchev–Trinajstić information content (AvgIpc) is 3.27. The predicted octanol–water partition coefficient (Wildman–Crippen LogP) is 8.58. The maximum absolute atomic E-state index is 4.79. The van der Waals surface area contributed by atoms with Crippen molar-refractivity contribution in [1.29, 1.82) is 0 Å². The Morgan fingerprint density at radius 3 is 2.23 bits per heavy atom. The van der Waals surface area contributed by atoms with Crippen molar-refractivity contribution in [2.24, 2.45) is 7.05 Å². The van der Waals surface area contributed by atoms with E-state index in [9.17, 15) is 0 Å². The molecular weight excluding hydrogens is 474 g/mol. The number of rotatable bonds is 2. The van der Waals surface area contributed by atoms with Gasteiger partial charge in [0.25, 0.3) is 0 Å². The summed E-state index contributed by atoms with van der Waals surface area (Å²) < 4.78 is 4.56. The maximum atomic E-state index is 4.79. The molecule has 0 aliphatic carbocycles. The molecular formula is C36H32N3+. The van der Waals surface area contributed by atoms with Crippen LogP contribution >= 0.6 is 0 Å². The normalized spacial score (nSPS) is 12.2. The summed E-state index contributed by atoms with van der Waals surface area (Å²) in [6.07, 6.45) is 4.07. The second-order valence-corrected chi connectivity index (χ2v) is 11.7. The standard InChI is InChI=1S/C36H32N3/c1-23-26-11-6-7-12-28(26)32(36(2,3)4)22-31(23)34-27-17-16-25(21-24(27)18-20-38(34)5)39-33-15-9-8-13-29(33)30-14-10-19-37-35(30)39/h6-22H,1-5H3/q+1. The third-order valence-corrected chi connectivity index (χ3v) is 8.19. The van der Waals surface area contributed by atoms with Gasteiger partial charge < -0.3 is 0 Å². The minimum atomic E-state index is 0.0297. The fraction of sp³-hybridized carbons (Fsp3) is 0.167. The van der Waals surface area contributed by atoms with Crippen LogP contribution in [0.4, 0.5) is 0 Å². The first kappa shape index (κ1) is 23.6. The molecule has 3 heteroatoms. The zero-order chi connectivity index (χ0) is 26.9. The van der Waals surface area contributed by atoms with E-state index < -0.39 is 0 Å². The molecule has 0 unspecified atom stereocenters. The van der Waals surface area contributed by atoms with Gasteiger partial charge in [-0.2, -0.15) is 0 Å². The quantitative estimate of drug-likeness (QED) is 0.215. The van der Waals surface area contributed by atoms with Crippen molar-refractivity contribution in [2.75, 3.05) is 0 Å². The highest BCUT2D eigenvalue weighted by atomic mass is 15.0. The van der Waals surface area contributed by atoms with Crippen LogP contribution in [0.15, 0.2) is 103 Å². The lowest BCUT2D eigenvalue weighted by Crippen LogP contribution is -2.31. The fourth-order valence-corrected chi connectivity index (χ4v) is 6.28. The molecule has 0 saturated heterocycles. The maximum Gasteiger partial charge on any atom is 0.220 e. The Morgan fingerprint density at radius 2 is 1.44 bits per heavy atom. The Labute approximate surface area is 229 Å². The lowest BCUT2D eigenvalue weighted by Gasteiger charge is -2.24. The van der Waals surface area contributed by atoms with Crippen molar-refractivity contribution >= 4 is 43.5 Å². The van der Waals surface area contributed by atoms with Crippen molar-refractivity contribution in [1.82, 2.24) is 9.55 Å². The smallest absolute Gasteiger partial charge is 0.220 e. The first-order chi connectivity index (χ1) is 18.8. The minimum Gasteiger partial charge on any atom is -0.294 e. The van der Waals surface area contributed by atoms with E-state index >= 15 is 0 Å². The van der Waals surface area contributed by atoms with Crippen LogP contribution in [0.5, 0.6) is 0 Å². The second-order valence-electron chi connectivity index (χ2n) is 11.7. The first-order valence-electron chi connectivity index (χ1n) is 13.6. The van der Waals surface area contributed by atoms with Gasteiger partial charge in [-0.3, -0.25) is 4.57 Å². The molecule has 3 nitrogen and oxygen atoms in total. The van der Waals surface area contributed by atoms with Crippen molar-refractivity contribution < 1.29 is 4.57 Å². The number of para-hydroxylation sites is 1. The van der Waals surface area contributed by atoms with Crippen LogP contribution in [0.25, 0.3) is 60.4 Å². The Hall–Kier alpha value is -4.50. The Bertz CT molecular complexity index is 2020. The zero-order valence-electron chi connectivity index (χ0n) is 23.2. The van der Waals surface area contributed by atoms with Gasteiger partial charge in [-0.25, -0.2) is 9.55 Å². The van der Waals surface area contributed by atoms with E-state index in [4.69, 9.17) is 4.98 Å². The fourth-order valence-electron chi connectivity index (χ4n) is 6.28. The van der Waals surface area contributed by atoms with Crippen LogP contribution in [-0.4, -0.2) is 9.55 Å². The van der Waals surface area contributed by atoms with E-state index in [1.165, 1.54) is 60.2 Å². The van der Waals surface area contributed by atoms with E-state index in [0.717, 1.165) is 11.3 Å². The summed E-state index contributed by atoms with van der Waals surface area (Å²) in [5, 5.41) is 7.53. The lowest BCUT2D eigenvalue weighted by atomic mass is 9.80. The average molecular weight is 507 g/mol. The largest absolute Gasteiger partial charge is 0.294 e. The van der Waals surface area contributed by atoms with E-state index in [2.05, 4.69) is 135 Å². The summed E-state index contributed by atoms with van der Waals surface area (Å²) in [6, 6.07) is 33.1. The van der Waals surface area contributed by atoms with Crippen molar-refractivity contribution in [2.45, 2.75) is 33.1 Å². The highest BCUT2D eigenvalue weighted by Gasteiger charge is 2.25. The van der Waals surface area contributed by atoms with E-state index in [1.807, 2.05) is 12.3 Å². The summed E-state index contributed by atoms with van der Waals surface area (Å²) in [7, 11) is 2.16. The topological polar surface area (TPSA) is 21.7 Å². The molecule has 0 spiro atoms. The van der Waals surface area contributed by atoms with Gasteiger partial charge in [0.05, 0.1) is 16.5 Å². The van der Waals surface area contributed by atoms with Gasteiger partial charge in [-0.1, -0.05) is 63.2 Å². The van der Waals surface area contributed by atoms with E-state index in [-0.39, 0.29) is 5.41 Å². The Morgan fingerprint density at radius 1 is 0.718 bits per heavy atom. The Kier molecular flexibility index (Phi) is 5.15. The molecule has 0 fully saturated rings. The summed E-state index contributed by atoms with van der Waals surface area (Å²) in [5.74, 6) is 0. The molecule has 0 aliphatic heterocycles. The molecule has 3 aromatic heterocycles. The van der Waals surface area contributed by atoms with Gasteiger partial charge in [0, 0.05) is 28.7 Å². The number of aromatic nitrogens is 3. The number of hydrogen-bond donors (Lipinski definition) is 0. The predicted molar refractivity (Wildman–Crippen MR) is 164 cm³/mol. The number of nitrogens with zero attached hydrogens (tertiary/aromatic N) is 3. The molecule has 0 atom stereocenters. The summed E-state index contributed by atoms with van der Waals surface area (Å²) >= 11 is 0. The molecule has 0 aliphatic rings. The minimum absolute atomic E-state index is 0.0297. The molecule has 39 heavy (non-hydrogen) atoms. The molecule has 0 radical (unpaired) electrons. The molecule has 7 rings (SSSR count). The van der Waals surface area contributed by atoms with Crippen LogP contribution in [0.3, 0.4) is 0 Å². The molecule has 0 N–H and O–H groups in total. The number of pyridine rings is 2. The van der Waals surface area contributed by atoms with Crippen LogP contribution < -0.4 is 4.57 Å². The van der Waals surface area contributed by atoms with Crippen molar-refractivity contribution in [3.05, 3.63) is 115 Å². The van der Waals surface area contributed by atoms with Gasteiger partial charge >= 0.3 is 0 Å². The zero-order valence-corrected chi connectivity index (χ0v) is 23.2. The van der Waals surface area contributed by atoms with Gasteiger partial charge in [0.1, 0.15) is 12.7 Å². The first-order valence-corrected chi connectivity index (χ1v) is 13.6. The highest BCUT2D eigenvalue weighted by molar-refractivity contribution is 6.08. The van der Waals surface area contributed by atoms with Crippen LogP contribution in [0, 0.1) is 6.92 Å². The third-order valence-electron chi connectivity index (χ3n) is 8.19. The van der Waals surface area contributed by atoms with Crippen LogP contribution in [-0.2, 0) is 12.5 Å². The molecule has 7 aromatic rings. The van der Waals surface area contributed by atoms with Crippen LogP contribution in [0.2, 0.25) is 0 Å². The molecule has 4 aromatic carbocycles. The highest BCUT2D eigenvalue weighted by Crippen LogP contribution is 2.39. The van der Waals surface area contributed by atoms with Gasteiger partial charge in [0.2, 0.25) is 5.69 Å². The molecule has 190 valence electrons. The van der Waals surface area contributed by atoms with Crippen molar-refractivity contribution in [3.63, 3.8) is 0 Å². The molecule has 0 saturated carbocycles. The molecule has 3 heterocycles. The Balaban J connectivity index is 1.51. The summed E-state index contributed by atoms with van der Waals surface area (Å²) in [4.78, 5) is 4.79. The van der Waals surface area contributed by atoms with E-state index in [0.29, 0.717) is 0 Å². The number of benzene rings is 4. The summed E-state index contributed by atoms with van der Waals surface area (Å²) in [5.41, 5.74) is 8.54. The van der Waals surface area contributed by atoms with E-state index in [1.54, 1.807) is 0 Å². The molecule has 0 bridgehead atoms. The van der Waals surface area contributed by atoms with Gasteiger partial charge in [-0.05, 0) is 82.1 Å². The van der Waals surface area contributed by atoms with Crippen LogP contribution in [0.1, 0.15) is 31.9 Å². The monoisotopic (exact) mass is 506 g/mol. The number of fused-ring (bicyclic) bond motifs is 5. The second kappa shape index (κ2) is 8.51. The number of aryl methyl sites for hydroxylation is 2. The number of hydrogen-bond acceptors (Lipinski definition) is 1. The molecule has 0 amide bonds. The van der Waals surface area contributed by atoms with Gasteiger partial charge in [0.15, 0.2) is 6.20 Å².